The molecule has 1 saturated heterocycles. The predicted molar refractivity (Wildman–Crippen MR) is 291 cm³/mol. The van der Waals surface area contributed by atoms with Crippen molar-refractivity contribution in [3.05, 3.63) is 0 Å². The van der Waals surface area contributed by atoms with Crippen LogP contribution in [0.2, 0.25) is 0 Å². The molecule has 1 rings (SSSR count). The number of aliphatic hydroxyl groups excluding tert-OH is 5. The lowest BCUT2D eigenvalue weighted by Crippen LogP contribution is -2.64. The van der Waals surface area contributed by atoms with Crippen LogP contribution in [0.15, 0.2) is 0 Å². The van der Waals surface area contributed by atoms with E-state index in [-0.39, 0.29) is 12.3 Å². The van der Waals surface area contributed by atoms with E-state index in [2.05, 4.69) is 31.9 Å². The molecule has 0 aromatic rings. The molecule has 0 aromatic heterocycles. The number of cyclic esters (lactones) is 1. The Morgan fingerprint density at radius 2 is 0.861 bits per heavy atom. The van der Waals surface area contributed by atoms with Gasteiger partial charge in [0.05, 0.1) is 19.3 Å². The summed E-state index contributed by atoms with van der Waals surface area (Å²) >= 11 is 0. The molecule has 0 bridgehead atoms. The van der Waals surface area contributed by atoms with Crippen molar-refractivity contribution >= 4 is 59.1 Å². The van der Waals surface area contributed by atoms with Crippen molar-refractivity contribution in [1.82, 2.24) is 46.6 Å². The molecule has 16 atom stereocenters. The van der Waals surface area contributed by atoms with Crippen molar-refractivity contribution in [2.75, 3.05) is 34.4 Å². The van der Waals surface area contributed by atoms with Crippen molar-refractivity contribution in [1.29, 1.82) is 0 Å². The van der Waals surface area contributed by atoms with E-state index in [1.165, 1.54) is 41.9 Å². The first-order valence-corrected chi connectivity index (χ1v) is 27.7. The van der Waals surface area contributed by atoms with Crippen LogP contribution in [0.4, 0.5) is 0 Å². The van der Waals surface area contributed by atoms with Gasteiger partial charge in [0.25, 0.3) is 5.91 Å². The van der Waals surface area contributed by atoms with E-state index in [9.17, 15) is 73.5 Å². The van der Waals surface area contributed by atoms with E-state index in [0.29, 0.717) is 19.3 Å². The normalized spacial score (nSPS) is 29.9. The molecule has 0 aromatic carbocycles. The lowest BCUT2D eigenvalue weighted by Gasteiger charge is -2.38. The first-order valence-electron chi connectivity index (χ1n) is 27.7. The Morgan fingerprint density at radius 1 is 0.468 bits per heavy atom. The molecule has 25 heteroatoms. The van der Waals surface area contributed by atoms with Crippen LogP contribution in [-0.2, 0) is 52.7 Å². The van der Waals surface area contributed by atoms with Gasteiger partial charge in [0.15, 0.2) is 12.2 Å². The van der Waals surface area contributed by atoms with Gasteiger partial charge in [-0.3, -0.25) is 43.2 Å². The van der Waals surface area contributed by atoms with Crippen LogP contribution < -0.4 is 31.9 Å². The number of hydrogen-bond donors (Lipinski definition) is 11. The molecule has 25 nitrogen and oxygen atoms in total. The average Bonchev–Trinajstić information content (AvgIpc) is 3.38. The third-order valence-corrected chi connectivity index (χ3v) is 15.0. The minimum Gasteiger partial charge on any atom is -0.455 e. The Balaban J connectivity index is 4.21. The van der Waals surface area contributed by atoms with Crippen molar-refractivity contribution in [3.63, 3.8) is 0 Å². The fourth-order valence-corrected chi connectivity index (χ4v) is 9.18. The average molecular weight is 1130 g/mol. The first kappa shape index (κ1) is 71.5. The van der Waals surface area contributed by atoms with Gasteiger partial charge in [-0.25, -0.2) is 4.79 Å². The molecular weight excluding hydrogens is 1030 g/mol. The zero-order valence-electron chi connectivity index (χ0n) is 49.9. The molecule has 79 heavy (non-hydrogen) atoms. The van der Waals surface area contributed by atoms with E-state index < -0.39 is 187 Å². The topological polar surface area (TPSA) is 363 Å². The minimum absolute atomic E-state index is 0.0694. The molecule has 1 fully saturated rings. The van der Waals surface area contributed by atoms with Crippen molar-refractivity contribution < 1.29 is 78.2 Å². The summed E-state index contributed by atoms with van der Waals surface area (Å²) in [4.78, 5) is 145. The van der Waals surface area contributed by atoms with Gasteiger partial charge in [0, 0.05) is 21.1 Å². The number of carbonyl (C=O) groups is 10. The Bertz CT molecular complexity index is 2080. The van der Waals surface area contributed by atoms with E-state index >= 15 is 0 Å². The number of hydrogen-bond acceptors (Lipinski definition) is 16. The minimum atomic E-state index is -2.47. The number of ether oxygens (including phenoxy) is 1. The number of esters is 1. The van der Waals surface area contributed by atoms with E-state index in [4.69, 9.17) is 4.74 Å². The Kier molecular flexibility index (Phi) is 29.6. The summed E-state index contributed by atoms with van der Waals surface area (Å²) in [6.07, 6.45) is -7.51. The molecule has 1 aliphatic heterocycles. The molecule has 1 heterocycles. The zero-order valence-corrected chi connectivity index (χ0v) is 49.9. The van der Waals surface area contributed by atoms with Crippen LogP contribution >= 0.6 is 0 Å². The van der Waals surface area contributed by atoms with Gasteiger partial charge >= 0.3 is 5.97 Å². The summed E-state index contributed by atoms with van der Waals surface area (Å²) in [6, 6.07) is -13.0. The maximum atomic E-state index is 14.6. The summed E-state index contributed by atoms with van der Waals surface area (Å²) in [6.45, 7) is 22.4. The molecule has 9 amide bonds. The second kappa shape index (κ2) is 32.7. The number of aliphatic hydroxyl groups is 5. The highest BCUT2D eigenvalue weighted by molar-refractivity contribution is 5.99. The molecule has 0 saturated carbocycles. The number of rotatable bonds is 14. The van der Waals surface area contributed by atoms with E-state index in [1.54, 1.807) is 83.1 Å². The molecule has 1 aliphatic rings. The SMILES string of the molecule is CC[C@@H](C)[C@@H]1NC(=O)[C@H]([C@@H](C)O)N(C)C(=O)[C@H](C(C)C)NC(=O)[C@H](O)[C@H](O)[C@@H](CO)OC(=O)[C@H](CC(C)C)N(C)C(=O)[C@H]([C@@H](C)CC)NC(=O)[C@H](CO)NC(=O)[C@H]([C@@H](C)CC)NC(=O)[C@H](C(C)C)NC(=O)[C@H](C(C)C)N(C)C1=O. The van der Waals surface area contributed by atoms with E-state index in [0.717, 1.165) is 14.7 Å². The third-order valence-electron chi connectivity index (χ3n) is 15.0. The second-order valence-corrected chi connectivity index (χ2v) is 22.8. The first-order chi connectivity index (χ1) is 36.6. The zero-order chi connectivity index (χ0) is 61.2. The van der Waals surface area contributed by atoms with Crippen LogP contribution in [0, 0.1) is 41.4 Å². The Labute approximate surface area is 466 Å². The lowest BCUT2D eigenvalue weighted by atomic mass is 9.93. The third kappa shape index (κ3) is 19.3. The molecule has 0 unspecified atom stereocenters. The summed E-state index contributed by atoms with van der Waals surface area (Å²) in [5.74, 6) is -13.6. The van der Waals surface area contributed by atoms with Crippen LogP contribution in [0.5, 0.6) is 0 Å². The Hall–Kier alpha value is -5.50. The van der Waals surface area contributed by atoms with Crippen molar-refractivity contribution in [3.8, 4) is 0 Å². The monoisotopic (exact) mass is 1130 g/mol. The van der Waals surface area contributed by atoms with Gasteiger partial charge in [-0.1, -0.05) is 116 Å². The summed E-state index contributed by atoms with van der Waals surface area (Å²) in [5.41, 5.74) is 0. The molecule has 11 N–H and O–H groups in total. The highest BCUT2D eigenvalue weighted by Gasteiger charge is 2.45. The summed E-state index contributed by atoms with van der Waals surface area (Å²) in [5, 5.41) is 70.0. The number of carbonyl (C=O) groups excluding carboxylic acids is 10. The molecule has 454 valence electrons. The number of nitrogens with zero attached hydrogens (tertiary/aromatic N) is 3. The van der Waals surface area contributed by atoms with Crippen LogP contribution in [0.1, 0.15) is 130 Å². The van der Waals surface area contributed by atoms with Gasteiger partial charge < -0.3 is 76.9 Å². The van der Waals surface area contributed by atoms with Crippen molar-refractivity contribution in [2.24, 2.45) is 41.4 Å². The fourth-order valence-electron chi connectivity index (χ4n) is 9.18. The van der Waals surface area contributed by atoms with Crippen LogP contribution in [0.3, 0.4) is 0 Å². The lowest BCUT2D eigenvalue weighted by molar-refractivity contribution is -0.175. The van der Waals surface area contributed by atoms with Gasteiger partial charge in [0.2, 0.25) is 47.3 Å². The standard InChI is InChI=1S/C54H97N9O16/c1-19-29(12)38-47(71)55-33(23-64)45(69)59-39(30(13)20-2)52(76)61(16)34(22-25(4)5)54(78)79-35(24-65)43(67)44(68)50(74)57-37(27(8)9)51(75)63(18)42(32(15)66)49(73)60-40(31(14)21-3)53(77)62(17)41(28(10)11)48(72)56-36(26(6)7)46(70)58-38/h25-44,64-68H,19-24H2,1-18H3,(H,55,71)(H,56,72)(H,57,74)(H,58,70)(H,59,69)(H,60,73)/t29-,30-,31+,32+,33-,34-,35+,36-,37-,38-,39-,40-,41-,42-,43+,44+/m0/s1. The van der Waals surface area contributed by atoms with E-state index in [1.807, 2.05) is 0 Å². The maximum Gasteiger partial charge on any atom is 0.329 e. The largest absolute Gasteiger partial charge is 0.455 e. The van der Waals surface area contributed by atoms with Crippen LogP contribution in [0.25, 0.3) is 0 Å². The van der Waals surface area contributed by atoms with Gasteiger partial charge in [-0.05, 0) is 54.8 Å². The van der Waals surface area contributed by atoms with Crippen LogP contribution in [-0.4, -0.2) is 213 Å². The summed E-state index contributed by atoms with van der Waals surface area (Å²) < 4.78 is 5.50. The van der Waals surface area contributed by atoms with Gasteiger partial charge in [0.1, 0.15) is 60.5 Å². The Morgan fingerprint density at radius 3 is 1.29 bits per heavy atom. The predicted octanol–water partition coefficient (Wildman–Crippen LogP) is -1.46. The van der Waals surface area contributed by atoms with Gasteiger partial charge in [-0.2, -0.15) is 0 Å². The van der Waals surface area contributed by atoms with Crippen molar-refractivity contribution in [2.45, 2.75) is 208 Å². The molecule has 0 radical (unpaired) electrons. The maximum absolute atomic E-state index is 14.6. The molecule has 0 spiro atoms. The number of likely N-dealkylation sites (N-methyl/N-ethyl adjacent to an activating group) is 3. The molecular formula is C54H97N9O16. The summed E-state index contributed by atoms with van der Waals surface area (Å²) in [7, 11) is 3.77. The quantitative estimate of drug-likeness (QED) is 0.0886. The fraction of sp³-hybridized carbons (Fsp3) is 0.815. The highest BCUT2D eigenvalue weighted by Crippen LogP contribution is 2.22. The highest BCUT2D eigenvalue weighted by atomic mass is 16.6. The number of amides is 9. The van der Waals surface area contributed by atoms with Gasteiger partial charge in [-0.15, -0.1) is 0 Å². The molecule has 0 aliphatic carbocycles. The number of nitrogens with one attached hydrogen (secondary N) is 6. The second-order valence-electron chi connectivity index (χ2n) is 22.8. The smallest absolute Gasteiger partial charge is 0.329 e.